The van der Waals surface area contributed by atoms with E-state index in [-0.39, 0.29) is 10.7 Å². The summed E-state index contributed by atoms with van der Waals surface area (Å²) in [6.07, 6.45) is 1.70. The molecule has 4 rings (SSSR count). The standard InChI is InChI=1S/C20H15N3O2S/c24-26(25,23-20-13-10-15-5-1-2-7-19(15)22-20)17-11-8-16(9-12-17)18-6-3-4-14-21-18/h1-14H,(H,22,23). The summed E-state index contributed by atoms with van der Waals surface area (Å²) in [5, 5.41) is 0.954. The second-order valence-electron chi connectivity index (χ2n) is 5.73. The van der Waals surface area contributed by atoms with E-state index in [2.05, 4.69) is 14.7 Å². The lowest BCUT2D eigenvalue weighted by Gasteiger charge is -2.09. The van der Waals surface area contributed by atoms with Crippen molar-refractivity contribution in [1.29, 1.82) is 0 Å². The summed E-state index contributed by atoms with van der Waals surface area (Å²) in [5.74, 6) is 0.289. The highest BCUT2D eigenvalue weighted by Gasteiger charge is 2.15. The first kappa shape index (κ1) is 16.2. The number of aromatic nitrogens is 2. The van der Waals surface area contributed by atoms with Gasteiger partial charge in [-0.2, -0.15) is 0 Å². The van der Waals surface area contributed by atoms with Crippen LogP contribution in [0.2, 0.25) is 0 Å². The van der Waals surface area contributed by atoms with Gasteiger partial charge < -0.3 is 0 Å². The number of sulfonamides is 1. The number of hydrogen-bond donors (Lipinski definition) is 1. The van der Waals surface area contributed by atoms with E-state index in [0.717, 1.165) is 22.2 Å². The molecule has 0 saturated heterocycles. The zero-order valence-corrected chi connectivity index (χ0v) is 14.5. The highest BCUT2D eigenvalue weighted by atomic mass is 32.2. The molecule has 2 aromatic heterocycles. The van der Waals surface area contributed by atoms with Gasteiger partial charge in [0.1, 0.15) is 5.82 Å². The third kappa shape index (κ3) is 3.27. The van der Waals surface area contributed by atoms with Crippen LogP contribution < -0.4 is 4.72 Å². The Morgan fingerprint density at radius 1 is 0.769 bits per heavy atom. The number of benzene rings is 2. The summed E-state index contributed by atoms with van der Waals surface area (Å²) < 4.78 is 27.8. The van der Waals surface area contributed by atoms with Gasteiger partial charge in [0.05, 0.1) is 16.1 Å². The molecule has 0 spiro atoms. The number of anilines is 1. The largest absolute Gasteiger partial charge is 0.263 e. The van der Waals surface area contributed by atoms with Crippen LogP contribution in [0.4, 0.5) is 5.82 Å². The van der Waals surface area contributed by atoms with Gasteiger partial charge in [-0.05, 0) is 42.5 Å². The maximum Gasteiger partial charge on any atom is 0.263 e. The SMILES string of the molecule is O=S(=O)(Nc1ccc2ccccc2n1)c1ccc(-c2ccccn2)cc1. The van der Waals surface area contributed by atoms with Crippen molar-refractivity contribution >= 4 is 26.7 Å². The summed E-state index contributed by atoms with van der Waals surface area (Å²) in [7, 11) is -3.71. The van der Waals surface area contributed by atoms with Gasteiger partial charge >= 0.3 is 0 Å². The minimum atomic E-state index is -3.71. The summed E-state index contributed by atoms with van der Waals surface area (Å²) >= 11 is 0. The molecule has 0 radical (unpaired) electrons. The van der Waals surface area contributed by atoms with E-state index in [1.165, 1.54) is 0 Å². The Morgan fingerprint density at radius 2 is 1.54 bits per heavy atom. The van der Waals surface area contributed by atoms with E-state index < -0.39 is 10.0 Å². The van der Waals surface area contributed by atoms with Crippen LogP contribution in [0.15, 0.2) is 90.0 Å². The van der Waals surface area contributed by atoms with E-state index in [9.17, 15) is 8.42 Å². The molecule has 0 saturated carbocycles. The summed E-state index contributed by atoms with van der Waals surface area (Å²) in [5.41, 5.74) is 2.38. The maximum atomic E-state index is 12.6. The molecule has 0 amide bonds. The quantitative estimate of drug-likeness (QED) is 0.594. The molecule has 0 unspecified atom stereocenters. The second kappa shape index (κ2) is 6.57. The van der Waals surface area contributed by atoms with Gasteiger partial charge in [0.2, 0.25) is 0 Å². The van der Waals surface area contributed by atoms with Crippen LogP contribution in [0.1, 0.15) is 0 Å². The van der Waals surface area contributed by atoms with E-state index in [0.29, 0.717) is 0 Å². The highest BCUT2D eigenvalue weighted by molar-refractivity contribution is 7.92. The molecule has 0 bridgehead atoms. The topological polar surface area (TPSA) is 72.0 Å². The third-order valence-electron chi connectivity index (χ3n) is 3.96. The van der Waals surface area contributed by atoms with Crippen molar-refractivity contribution in [3.05, 3.63) is 85.1 Å². The van der Waals surface area contributed by atoms with Crippen molar-refractivity contribution in [2.24, 2.45) is 0 Å². The van der Waals surface area contributed by atoms with Crippen LogP contribution >= 0.6 is 0 Å². The maximum absolute atomic E-state index is 12.6. The number of rotatable bonds is 4. The second-order valence-corrected chi connectivity index (χ2v) is 7.42. The van der Waals surface area contributed by atoms with Crippen LogP contribution in [0, 0.1) is 0 Å². The molecular formula is C20H15N3O2S. The fraction of sp³-hybridized carbons (Fsp3) is 0. The van der Waals surface area contributed by atoms with Crippen molar-refractivity contribution in [1.82, 2.24) is 9.97 Å². The van der Waals surface area contributed by atoms with E-state index in [4.69, 9.17) is 0 Å². The first-order valence-corrected chi connectivity index (χ1v) is 9.50. The van der Waals surface area contributed by atoms with Crippen LogP contribution in [-0.4, -0.2) is 18.4 Å². The number of nitrogens with one attached hydrogen (secondary N) is 1. The molecule has 4 aromatic rings. The summed E-state index contributed by atoms with van der Waals surface area (Å²) in [4.78, 5) is 8.79. The minimum absolute atomic E-state index is 0.173. The van der Waals surface area contributed by atoms with Gasteiger partial charge in [0, 0.05) is 17.1 Å². The molecular weight excluding hydrogens is 346 g/mol. The molecule has 2 heterocycles. The molecule has 2 aromatic carbocycles. The molecule has 1 N–H and O–H groups in total. The highest BCUT2D eigenvalue weighted by Crippen LogP contribution is 2.21. The number of para-hydroxylation sites is 1. The molecule has 0 atom stereocenters. The van der Waals surface area contributed by atoms with Gasteiger partial charge in [-0.15, -0.1) is 0 Å². The Balaban J connectivity index is 1.61. The van der Waals surface area contributed by atoms with Crippen LogP contribution in [0.25, 0.3) is 22.2 Å². The van der Waals surface area contributed by atoms with Crippen molar-refractivity contribution in [3.63, 3.8) is 0 Å². The van der Waals surface area contributed by atoms with E-state index >= 15 is 0 Å². The Kier molecular flexibility index (Phi) is 4.10. The lowest BCUT2D eigenvalue weighted by Crippen LogP contribution is -2.13. The van der Waals surface area contributed by atoms with Gasteiger partial charge in [0.15, 0.2) is 0 Å². The van der Waals surface area contributed by atoms with Crippen LogP contribution in [0.5, 0.6) is 0 Å². The zero-order valence-electron chi connectivity index (χ0n) is 13.7. The smallest absolute Gasteiger partial charge is 0.263 e. The van der Waals surface area contributed by atoms with Crippen molar-refractivity contribution in [3.8, 4) is 11.3 Å². The van der Waals surface area contributed by atoms with Crippen LogP contribution in [0.3, 0.4) is 0 Å². The van der Waals surface area contributed by atoms with Gasteiger partial charge in [-0.25, -0.2) is 13.4 Å². The number of hydrogen-bond acceptors (Lipinski definition) is 4. The predicted octanol–water partition coefficient (Wildman–Crippen LogP) is 4.10. The zero-order chi connectivity index (χ0) is 18.0. The molecule has 5 nitrogen and oxygen atoms in total. The first-order valence-electron chi connectivity index (χ1n) is 8.02. The fourth-order valence-electron chi connectivity index (χ4n) is 2.66. The van der Waals surface area contributed by atoms with Gasteiger partial charge in [0.25, 0.3) is 10.0 Å². The van der Waals surface area contributed by atoms with E-state index in [1.54, 1.807) is 36.5 Å². The average Bonchev–Trinajstić information content (AvgIpc) is 2.68. The summed E-state index contributed by atoms with van der Waals surface area (Å²) in [6.45, 7) is 0. The Morgan fingerprint density at radius 3 is 2.31 bits per heavy atom. The van der Waals surface area contributed by atoms with Gasteiger partial charge in [-0.1, -0.05) is 36.4 Å². The monoisotopic (exact) mass is 361 g/mol. The predicted molar refractivity (Wildman–Crippen MR) is 102 cm³/mol. The Labute approximate surface area is 151 Å². The van der Waals surface area contributed by atoms with Crippen molar-refractivity contribution < 1.29 is 8.42 Å². The first-order chi connectivity index (χ1) is 12.6. The molecule has 0 fully saturated rings. The van der Waals surface area contributed by atoms with Crippen LogP contribution in [-0.2, 0) is 10.0 Å². The molecule has 0 aliphatic heterocycles. The lowest BCUT2D eigenvalue weighted by molar-refractivity contribution is 0.601. The number of pyridine rings is 2. The molecule has 6 heteroatoms. The van der Waals surface area contributed by atoms with Crippen molar-refractivity contribution in [2.45, 2.75) is 4.90 Å². The average molecular weight is 361 g/mol. The number of nitrogens with zero attached hydrogens (tertiary/aromatic N) is 2. The summed E-state index contributed by atoms with van der Waals surface area (Å²) in [6, 6.07) is 23.2. The Hall–Kier alpha value is -3.25. The lowest BCUT2D eigenvalue weighted by atomic mass is 10.1. The van der Waals surface area contributed by atoms with Gasteiger partial charge in [-0.3, -0.25) is 9.71 Å². The molecule has 0 aliphatic carbocycles. The molecule has 0 aliphatic rings. The van der Waals surface area contributed by atoms with E-state index in [1.807, 2.05) is 48.5 Å². The number of fused-ring (bicyclic) bond motifs is 1. The fourth-order valence-corrected chi connectivity index (χ4v) is 3.66. The normalized spacial score (nSPS) is 11.4. The minimum Gasteiger partial charge on any atom is -0.263 e. The Bertz CT molecular complexity index is 1160. The molecule has 128 valence electrons. The third-order valence-corrected chi connectivity index (χ3v) is 5.33. The van der Waals surface area contributed by atoms with Crippen molar-refractivity contribution in [2.75, 3.05) is 4.72 Å². The molecule has 26 heavy (non-hydrogen) atoms.